The van der Waals surface area contributed by atoms with Gasteiger partial charge in [-0.05, 0) is 19.8 Å². The molecule has 0 bridgehead atoms. The van der Waals surface area contributed by atoms with Crippen molar-refractivity contribution >= 4 is 16.5 Å². The Morgan fingerprint density at radius 1 is 1.28 bits per heavy atom. The Labute approximate surface area is 108 Å². The first-order valence-electron chi connectivity index (χ1n) is 5.88. The van der Waals surface area contributed by atoms with Crippen molar-refractivity contribution in [2.24, 2.45) is 0 Å². The maximum atomic E-state index is 5.67. The zero-order chi connectivity index (χ0) is 12.5. The van der Waals surface area contributed by atoms with Gasteiger partial charge in [0.1, 0.15) is 4.88 Å². The average Bonchev–Trinajstić information content (AvgIpc) is 2.97. The Balaban J connectivity index is 1.86. The van der Waals surface area contributed by atoms with Crippen LogP contribution in [-0.4, -0.2) is 28.3 Å². The molecule has 1 saturated heterocycles. The third-order valence-electron chi connectivity index (χ3n) is 3.04. The molecule has 0 amide bonds. The number of aromatic nitrogens is 3. The number of thiazole rings is 1. The first-order chi connectivity index (χ1) is 8.74. The van der Waals surface area contributed by atoms with Gasteiger partial charge in [0, 0.05) is 19.1 Å². The van der Waals surface area contributed by atoms with Crippen molar-refractivity contribution in [2.75, 3.05) is 18.9 Å². The second-order valence-corrected chi connectivity index (χ2v) is 5.34. The monoisotopic (exact) mass is 266 g/mol. The van der Waals surface area contributed by atoms with Gasteiger partial charge in [-0.3, -0.25) is 0 Å². The van der Waals surface area contributed by atoms with Crippen LogP contribution in [0.2, 0.25) is 0 Å². The number of hydrogen-bond donors (Lipinski definition) is 1. The number of aryl methyl sites for hydroxylation is 1. The summed E-state index contributed by atoms with van der Waals surface area (Å²) in [5, 5.41) is 4.58. The normalized spacial score (nSPS) is 17.2. The number of hydrogen-bond acceptors (Lipinski definition) is 7. The van der Waals surface area contributed by atoms with Gasteiger partial charge >= 0.3 is 0 Å². The molecular weight excluding hydrogens is 252 g/mol. The van der Waals surface area contributed by atoms with Crippen LogP contribution in [0.15, 0.2) is 4.52 Å². The highest BCUT2D eigenvalue weighted by Gasteiger charge is 2.23. The summed E-state index contributed by atoms with van der Waals surface area (Å²) in [6, 6.07) is 0. The predicted octanol–water partition coefficient (Wildman–Crippen LogP) is 1.98. The minimum atomic E-state index is 0.335. The molecule has 3 rings (SSSR count). The third kappa shape index (κ3) is 2.11. The third-order valence-corrected chi connectivity index (χ3v) is 4.01. The van der Waals surface area contributed by atoms with Gasteiger partial charge in [0.15, 0.2) is 11.0 Å². The molecule has 1 aliphatic heterocycles. The van der Waals surface area contributed by atoms with Gasteiger partial charge in [-0.15, -0.1) is 0 Å². The predicted molar refractivity (Wildman–Crippen MR) is 67.3 cm³/mol. The maximum absolute atomic E-state index is 5.67. The standard InChI is InChI=1S/C11H14N4O2S/c1-6-8(18-11(12)13-6)10-14-9(15-17-10)7-2-4-16-5-3-7/h7H,2-5H2,1H3,(H2,12,13). The van der Waals surface area contributed by atoms with Crippen LogP contribution < -0.4 is 5.73 Å². The lowest BCUT2D eigenvalue weighted by Gasteiger charge is -2.18. The van der Waals surface area contributed by atoms with Crippen molar-refractivity contribution in [3.8, 4) is 10.8 Å². The van der Waals surface area contributed by atoms with Crippen LogP contribution in [0.25, 0.3) is 10.8 Å². The van der Waals surface area contributed by atoms with Crippen molar-refractivity contribution in [1.29, 1.82) is 0 Å². The molecule has 6 nitrogen and oxygen atoms in total. The minimum Gasteiger partial charge on any atom is -0.381 e. The fourth-order valence-electron chi connectivity index (χ4n) is 2.06. The number of nitrogens with two attached hydrogens (primary N) is 1. The highest BCUT2D eigenvalue weighted by molar-refractivity contribution is 7.18. The van der Waals surface area contributed by atoms with E-state index in [0.29, 0.717) is 16.9 Å². The van der Waals surface area contributed by atoms with Gasteiger partial charge in [0.2, 0.25) is 0 Å². The fourth-order valence-corrected chi connectivity index (χ4v) is 2.82. The summed E-state index contributed by atoms with van der Waals surface area (Å²) in [4.78, 5) is 9.48. The van der Waals surface area contributed by atoms with Gasteiger partial charge in [0.25, 0.3) is 5.89 Å². The van der Waals surface area contributed by atoms with Crippen LogP contribution >= 0.6 is 11.3 Å². The second-order valence-electron chi connectivity index (χ2n) is 4.31. The van der Waals surface area contributed by atoms with Crippen LogP contribution in [0, 0.1) is 6.92 Å². The molecule has 1 fully saturated rings. The molecule has 18 heavy (non-hydrogen) atoms. The SMILES string of the molecule is Cc1nc(N)sc1-c1nc(C2CCOCC2)no1. The minimum absolute atomic E-state index is 0.335. The quantitative estimate of drug-likeness (QED) is 0.894. The molecule has 0 radical (unpaired) electrons. The van der Waals surface area contributed by atoms with Crippen LogP contribution in [0.4, 0.5) is 5.13 Å². The zero-order valence-corrected chi connectivity index (χ0v) is 10.9. The van der Waals surface area contributed by atoms with Gasteiger partial charge in [-0.25, -0.2) is 4.98 Å². The second kappa shape index (κ2) is 4.66. The van der Waals surface area contributed by atoms with E-state index in [9.17, 15) is 0 Å². The molecule has 0 aliphatic carbocycles. The molecule has 2 aromatic heterocycles. The summed E-state index contributed by atoms with van der Waals surface area (Å²) in [6.45, 7) is 3.42. The Morgan fingerprint density at radius 2 is 2.06 bits per heavy atom. The first-order valence-corrected chi connectivity index (χ1v) is 6.70. The summed E-state index contributed by atoms with van der Waals surface area (Å²) < 4.78 is 10.6. The van der Waals surface area contributed by atoms with Crippen LogP contribution in [0.3, 0.4) is 0 Å². The highest BCUT2D eigenvalue weighted by atomic mass is 32.1. The van der Waals surface area contributed by atoms with Crippen molar-refractivity contribution in [3.63, 3.8) is 0 Å². The van der Waals surface area contributed by atoms with Gasteiger partial charge < -0.3 is 15.0 Å². The topological polar surface area (TPSA) is 87.1 Å². The Bertz CT molecular complexity index is 545. The molecule has 1 aliphatic rings. The van der Waals surface area contributed by atoms with Crippen molar-refractivity contribution in [3.05, 3.63) is 11.5 Å². The van der Waals surface area contributed by atoms with Crippen LogP contribution in [0.5, 0.6) is 0 Å². The summed E-state index contributed by atoms with van der Waals surface area (Å²) >= 11 is 1.37. The molecule has 0 aromatic carbocycles. The molecule has 0 unspecified atom stereocenters. The summed E-state index contributed by atoms with van der Waals surface area (Å²) in [6.07, 6.45) is 1.89. The largest absolute Gasteiger partial charge is 0.381 e. The number of anilines is 1. The molecule has 2 aromatic rings. The smallest absolute Gasteiger partial charge is 0.270 e. The lowest BCUT2D eigenvalue weighted by Crippen LogP contribution is -2.15. The highest BCUT2D eigenvalue weighted by Crippen LogP contribution is 2.32. The van der Waals surface area contributed by atoms with E-state index in [2.05, 4.69) is 15.1 Å². The Kier molecular flexibility index (Phi) is 3.00. The summed E-state index contributed by atoms with van der Waals surface area (Å²) in [5.74, 6) is 1.62. The van der Waals surface area contributed by atoms with E-state index in [0.717, 1.165) is 42.5 Å². The average molecular weight is 266 g/mol. The molecule has 0 atom stereocenters. The van der Waals surface area contributed by atoms with E-state index < -0.39 is 0 Å². The van der Waals surface area contributed by atoms with Gasteiger partial charge in [-0.2, -0.15) is 4.98 Å². The maximum Gasteiger partial charge on any atom is 0.270 e. The first kappa shape index (κ1) is 11.6. The Morgan fingerprint density at radius 3 is 2.72 bits per heavy atom. The zero-order valence-electron chi connectivity index (χ0n) is 10.0. The molecule has 96 valence electrons. The lowest BCUT2D eigenvalue weighted by molar-refractivity contribution is 0.0830. The molecule has 0 spiro atoms. The van der Waals surface area contributed by atoms with E-state index in [1.165, 1.54) is 11.3 Å². The number of ether oxygens (including phenoxy) is 1. The molecule has 0 saturated carbocycles. The van der Waals surface area contributed by atoms with Crippen molar-refractivity contribution < 1.29 is 9.26 Å². The van der Waals surface area contributed by atoms with Gasteiger partial charge in [-0.1, -0.05) is 16.5 Å². The number of rotatable bonds is 2. The number of nitrogen functional groups attached to an aromatic ring is 1. The fraction of sp³-hybridized carbons (Fsp3) is 0.545. The van der Waals surface area contributed by atoms with Crippen LogP contribution in [-0.2, 0) is 4.74 Å². The van der Waals surface area contributed by atoms with E-state index in [4.69, 9.17) is 15.0 Å². The molecular formula is C11H14N4O2S. The Hall–Kier alpha value is -1.47. The van der Waals surface area contributed by atoms with Crippen molar-refractivity contribution in [1.82, 2.24) is 15.1 Å². The van der Waals surface area contributed by atoms with Crippen LogP contribution in [0.1, 0.15) is 30.3 Å². The molecule has 2 N–H and O–H groups in total. The van der Waals surface area contributed by atoms with Gasteiger partial charge in [0.05, 0.1) is 5.69 Å². The van der Waals surface area contributed by atoms with E-state index in [-0.39, 0.29) is 0 Å². The van der Waals surface area contributed by atoms with Crippen molar-refractivity contribution in [2.45, 2.75) is 25.7 Å². The van der Waals surface area contributed by atoms with E-state index >= 15 is 0 Å². The summed E-state index contributed by atoms with van der Waals surface area (Å²) in [7, 11) is 0. The molecule has 7 heteroatoms. The van der Waals surface area contributed by atoms with E-state index in [1.54, 1.807) is 0 Å². The summed E-state index contributed by atoms with van der Waals surface area (Å²) in [5.41, 5.74) is 6.50. The lowest BCUT2D eigenvalue weighted by atomic mass is 10.00. The molecule has 3 heterocycles. The van der Waals surface area contributed by atoms with E-state index in [1.807, 2.05) is 6.92 Å². The number of nitrogens with zero attached hydrogens (tertiary/aromatic N) is 3.